The largest absolute Gasteiger partial charge is 0.494 e. The van der Waals surface area contributed by atoms with Crippen LogP contribution >= 0.6 is 0 Å². The Morgan fingerprint density at radius 2 is 2.08 bits per heavy atom. The molecule has 0 amide bonds. The molecule has 3 aromatic heterocycles. The molecule has 3 heterocycles. The van der Waals surface area contributed by atoms with Gasteiger partial charge in [-0.3, -0.25) is 4.57 Å². The van der Waals surface area contributed by atoms with Gasteiger partial charge in [0.2, 0.25) is 0 Å². The first-order valence-electron chi connectivity index (χ1n) is 7.25. The van der Waals surface area contributed by atoms with Gasteiger partial charge in [-0.15, -0.1) is 5.10 Å². The van der Waals surface area contributed by atoms with E-state index in [-0.39, 0.29) is 6.54 Å². The number of hydrogen-bond donors (Lipinski definition) is 0. The number of benzene rings is 1. The monoisotopic (exact) mass is 323 g/mol. The SMILES string of the molecule is COc1ccccc1-n1cc(Cn2c(=O)oc3cccnc32)nn1. The third kappa shape index (κ3) is 2.34. The van der Waals surface area contributed by atoms with Gasteiger partial charge in [0.25, 0.3) is 0 Å². The number of hydrogen-bond acceptors (Lipinski definition) is 6. The van der Waals surface area contributed by atoms with E-state index in [0.717, 1.165) is 5.69 Å². The fraction of sp³-hybridized carbons (Fsp3) is 0.125. The molecule has 4 rings (SSSR count). The zero-order valence-electron chi connectivity index (χ0n) is 12.8. The van der Waals surface area contributed by atoms with Gasteiger partial charge in [0.15, 0.2) is 11.2 Å². The summed E-state index contributed by atoms with van der Waals surface area (Å²) in [5.74, 6) is 0.206. The number of rotatable bonds is 4. The van der Waals surface area contributed by atoms with Crippen LogP contribution in [0.15, 0.2) is 58.0 Å². The summed E-state index contributed by atoms with van der Waals surface area (Å²) in [6.45, 7) is 0.220. The van der Waals surface area contributed by atoms with Crippen LogP contribution in [-0.4, -0.2) is 31.7 Å². The minimum absolute atomic E-state index is 0.220. The number of aromatic nitrogens is 5. The molecule has 0 aliphatic carbocycles. The first-order chi connectivity index (χ1) is 11.8. The van der Waals surface area contributed by atoms with E-state index in [1.54, 1.807) is 36.3 Å². The smallest absolute Gasteiger partial charge is 0.421 e. The van der Waals surface area contributed by atoms with E-state index in [1.807, 2.05) is 24.3 Å². The van der Waals surface area contributed by atoms with Crippen LogP contribution in [0, 0.1) is 0 Å². The Morgan fingerprint density at radius 3 is 2.96 bits per heavy atom. The number of ether oxygens (including phenoxy) is 1. The zero-order chi connectivity index (χ0) is 16.5. The van der Waals surface area contributed by atoms with Crippen molar-refractivity contribution in [2.75, 3.05) is 7.11 Å². The molecule has 120 valence electrons. The maximum atomic E-state index is 12.0. The summed E-state index contributed by atoms with van der Waals surface area (Å²) in [6, 6.07) is 10.9. The standard InChI is InChI=1S/C16H13N5O3/c1-23-13-6-3-2-5-12(13)21-10-11(18-19-21)9-20-15-14(24-16(20)22)7-4-8-17-15/h2-8,10H,9H2,1H3. The van der Waals surface area contributed by atoms with Crippen molar-refractivity contribution in [1.29, 1.82) is 0 Å². The lowest BCUT2D eigenvalue weighted by Crippen LogP contribution is -2.15. The van der Waals surface area contributed by atoms with E-state index in [9.17, 15) is 4.79 Å². The molecule has 0 spiro atoms. The van der Waals surface area contributed by atoms with E-state index in [1.165, 1.54) is 4.57 Å². The van der Waals surface area contributed by atoms with Crippen LogP contribution in [0.5, 0.6) is 5.75 Å². The molecule has 0 aliphatic heterocycles. The maximum Gasteiger partial charge on any atom is 0.421 e. The van der Waals surface area contributed by atoms with Gasteiger partial charge in [0, 0.05) is 6.20 Å². The van der Waals surface area contributed by atoms with Gasteiger partial charge in [-0.2, -0.15) is 0 Å². The Kier molecular flexibility index (Phi) is 3.34. The molecule has 0 saturated carbocycles. The van der Waals surface area contributed by atoms with E-state index < -0.39 is 5.76 Å². The van der Waals surface area contributed by atoms with Crippen molar-refractivity contribution in [3.63, 3.8) is 0 Å². The predicted octanol–water partition coefficient (Wildman–Crippen LogP) is 1.63. The number of pyridine rings is 1. The van der Waals surface area contributed by atoms with E-state index in [4.69, 9.17) is 9.15 Å². The average molecular weight is 323 g/mol. The predicted molar refractivity (Wildman–Crippen MR) is 85.3 cm³/mol. The summed E-state index contributed by atoms with van der Waals surface area (Å²) < 4.78 is 13.5. The fourth-order valence-corrected chi connectivity index (χ4v) is 2.51. The summed E-state index contributed by atoms with van der Waals surface area (Å²) in [6.07, 6.45) is 3.35. The molecule has 0 N–H and O–H groups in total. The highest BCUT2D eigenvalue weighted by atomic mass is 16.5. The van der Waals surface area contributed by atoms with Crippen LogP contribution in [0.2, 0.25) is 0 Å². The van der Waals surface area contributed by atoms with E-state index in [0.29, 0.717) is 22.7 Å². The summed E-state index contributed by atoms with van der Waals surface area (Å²) in [4.78, 5) is 16.2. The van der Waals surface area contributed by atoms with Crippen molar-refractivity contribution in [1.82, 2.24) is 24.5 Å². The van der Waals surface area contributed by atoms with Crippen LogP contribution in [-0.2, 0) is 6.54 Å². The summed E-state index contributed by atoms with van der Waals surface area (Å²) in [7, 11) is 1.60. The quantitative estimate of drug-likeness (QED) is 0.567. The number of fused-ring (bicyclic) bond motifs is 1. The minimum Gasteiger partial charge on any atom is -0.494 e. The van der Waals surface area contributed by atoms with Crippen LogP contribution in [0.4, 0.5) is 0 Å². The van der Waals surface area contributed by atoms with Gasteiger partial charge in [-0.05, 0) is 24.3 Å². The van der Waals surface area contributed by atoms with Gasteiger partial charge < -0.3 is 9.15 Å². The Bertz CT molecular complexity index is 1060. The van der Waals surface area contributed by atoms with Gasteiger partial charge in [-0.25, -0.2) is 14.5 Å². The number of nitrogens with zero attached hydrogens (tertiary/aromatic N) is 5. The molecular formula is C16H13N5O3. The minimum atomic E-state index is -0.476. The molecule has 0 aliphatic rings. The third-order valence-corrected chi connectivity index (χ3v) is 3.62. The second-order valence-electron chi connectivity index (χ2n) is 5.11. The number of oxazole rings is 1. The molecule has 8 nitrogen and oxygen atoms in total. The first-order valence-corrected chi connectivity index (χ1v) is 7.25. The molecule has 0 bridgehead atoms. The molecule has 1 aromatic carbocycles. The van der Waals surface area contributed by atoms with Crippen LogP contribution in [0.25, 0.3) is 16.9 Å². The molecule has 24 heavy (non-hydrogen) atoms. The molecule has 0 atom stereocenters. The Hall–Kier alpha value is -3.42. The number of para-hydroxylation sites is 2. The second kappa shape index (κ2) is 5.65. The Balaban J connectivity index is 1.71. The van der Waals surface area contributed by atoms with Crippen molar-refractivity contribution >= 4 is 11.2 Å². The average Bonchev–Trinajstić information content (AvgIpc) is 3.20. The van der Waals surface area contributed by atoms with Gasteiger partial charge >= 0.3 is 5.76 Å². The zero-order valence-corrected chi connectivity index (χ0v) is 12.8. The van der Waals surface area contributed by atoms with Crippen molar-refractivity contribution in [3.05, 3.63) is 65.0 Å². The molecule has 0 fully saturated rings. The Morgan fingerprint density at radius 1 is 1.21 bits per heavy atom. The fourth-order valence-electron chi connectivity index (χ4n) is 2.51. The molecule has 8 heteroatoms. The third-order valence-electron chi connectivity index (χ3n) is 3.62. The second-order valence-corrected chi connectivity index (χ2v) is 5.11. The van der Waals surface area contributed by atoms with Crippen molar-refractivity contribution in [3.8, 4) is 11.4 Å². The highest BCUT2D eigenvalue weighted by Gasteiger charge is 2.13. The van der Waals surface area contributed by atoms with E-state index in [2.05, 4.69) is 15.3 Å². The lowest BCUT2D eigenvalue weighted by Gasteiger charge is -2.06. The number of methoxy groups -OCH3 is 1. The van der Waals surface area contributed by atoms with Crippen LogP contribution in [0.1, 0.15) is 5.69 Å². The molecule has 0 radical (unpaired) electrons. The highest BCUT2D eigenvalue weighted by Crippen LogP contribution is 2.21. The molecular weight excluding hydrogens is 310 g/mol. The van der Waals surface area contributed by atoms with Gasteiger partial charge in [-0.1, -0.05) is 17.3 Å². The van der Waals surface area contributed by atoms with Crippen LogP contribution in [0.3, 0.4) is 0 Å². The molecule has 0 saturated heterocycles. The maximum absolute atomic E-state index is 12.0. The highest BCUT2D eigenvalue weighted by molar-refractivity contribution is 5.67. The van der Waals surface area contributed by atoms with Crippen LogP contribution < -0.4 is 10.5 Å². The lowest BCUT2D eigenvalue weighted by atomic mass is 10.3. The first kappa shape index (κ1) is 14.2. The molecule has 4 aromatic rings. The van der Waals surface area contributed by atoms with Gasteiger partial charge in [0.05, 0.1) is 19.9 Å². The summed E-state index contributed by atoms with van der Waals surface area (Å²) in [5.41, 5.74) is 2.30. The topological polar surface area (TPSA) is 88.0 Å². The summed E-state index contributed by atoms with van der Waals surface area (Å²) in [5, 5.41) is 8.22. The Labute approximate surface area is 135 Å². The van der Waals surface area contributed by atoms with Crippen molar-refractivity contribution in [2.45, 2.75) is 6.54 Å². The van der Waals surface area contributed by atoms with Crippen molar-refractivity contribution < 1.29 is 9.15 Å². The summed E-state index contributed by atoms with van der Waals surface area (Å²) >= 11 is 0. The molecule has 0 unspecified atom stereocenters. The van der Waals surface area contributed by atoms with E-state index >= 15 is 0 Å². The lowest BCUT2D eigenvalue weighted by molar-refractivity contribution is 0.411. The van der Waals surface area contributed by atoms with Crippen molar-refractivity contribution in [2.24, 2.45) is 0 Å². The normalized spacial score (nSPS) is 11.0. The van der Waals surface area contributed by atoms with Gasteiger partial charge in [0.1, 0.15) is 17.1 Å².